The van der Waals surface area contributed by atoms with Crippen LogP contribution in [0.15, 0.2) is 24.3 Å². The molecule has 1 aliphatic carbocycles. The second-order valence-electron chi connectivity index (χ2n) is 6.38. The zero-order valence-corrected chi connectivity index (χ0v) is 11.5. The van der Waals surface area contributed by atoms with Crippen LogP contribution < -0.4 is 0 Å². The zero-order valence-electron chi connectivity index (χ0n) is 11.5. The average Bonchev–Trinajstić information content (AvgIpc) is 3.11. The second-order valence-corrected chi connectivity index (χ2v) is 6.38. The monoisotopic (exact) mass is 232 g/mol. The van der Waals surface area contributed by atoms with E-state index in [1.54, 1.807) is 0 Å². The molecular weight excluding hydrogens is 208 g/mol. The van der Waals surface area contributed by atoms with Crippen molar-refractivity contribution in [2.75, 3.05) is 0 Å². The van der Waals surface area contributed by atoms with Gasteiger partial charge in [0.15, 0.2) is 0 Å². The van der Waals surface area contributed by atoms with Crippen LogP contribution in [-0.2, 0) is 11.0 Å². The Morgan fingerprint density at radius 2 is 1.53 bits per heavy atom. The van der Waals surface area contributed by atoms with Gasteiger partial charge in [-0.2, -0.15) is 0 Å². The predicted octanol–water partition coefficient (Wildman–Crippen LogP) is 3.99. The summed E-state index contributed by atoms with van der Waals surface area (Å²) in [6.07, 6.45) is 3.16. The smallest absolute Gasteiger partial charge is 0.0921 e. The number of rotatable bonds is 3. The van der Waals surface area contributed by atoms with Crippen molar-refractivity contribution in [1.82, 2.24) is 0 Å². The molecule has 1 aromatic carbocycles. The highest BCUT2D eigenvalue weighted by Gasteiger charge is 2.43. The third kappa shape index (κ3) is 2.40. The first-order chi connectivity index (χ1) is 7.88. The third-order valence-corrected chi connectivity index (χ3v) is 4.04. The Labute approximate surface area is 105 Å². The normalized spacial score (nSPS) is 20.1. The Kier molecular flexibility index (Phi) is 3.07. The molecule has 0 saturated heterocycles. The number of hydrogen-bond acceptors (Lipinski definition) is 1. The van der Waals surface area contributed by atoms with Gasteiger partial charge >= 0.3 is 0 Å². The van der Waals surface area contributed by atoms with Crippen LogP contribution in [-0.4, -0.2) is 5.11 Å². The highest BCUT2D eigenvalue weighted by molar-refractivity contribution is 5.32. The highest BCUT2D eigenvalue weighted by atomic mass is 16.3. The van der Waals surface area contributed by atoms with Crippen LogP contribution in [0.4, 0.5) is 0 Å². The maximum atomic E-state index is 10.7. The summed E-state index contributed by atoms with van der Waals surface area (Å²) >= 11 is 0. The molecule has 1 fully saturated rings. The SMILES string of the molecule is CCC(O)(c1ccc(C(C)(C)C)cc1)C1CC1. The van der Waals surface area contributed by atoms with Crippen molar-refractivity contribution in [3.8, 4) is 0 Å². The molecule has 0 spiro atoms. The predicted molar refractivity (Wildman–Crippen MR) is 72.1 cm³/mol. The zero-order chi connectivity index (χ0) is 12.7. The molecule has 94 valence electrons. The number of aliphatic hydroxyl groups is 1. The van der Waals surface area contributed by atoms with Crippen molar-refractivity contribution >= 4 is 0 Å². The molecule has 0 radical (unpaired) electrons. The Morgan fingerprint density at radius 1 is 1.06 bits per heavy atom. The fourth-order valence-corrected chi connectivity index (χ4v) is 2.55. The quantitative estimate of drug-likeness (QED) is 0.835. The van der Waals surface area contributed by atoms with Crippen molar-refractivity contribution in [2.45, 2.75) is 58.0 Å². The lowest BCUT2D eigenvalue weighted by atomic mass is 9.82. The maximum absolute atomic E-state index is 10.7. The van der Waals surface area contributed by atoms with Crippen LogP contribution in [0.3, 0.4) is 0 Å². The fourth-order valence-electron chi connectivity index (χ4n) is 2.55. The van der Waals surface area contributed by atoms with E-state index >= 15 is 0 Å². The van der Waals surface area contributed by atoms with E-state index in [2.05, 4.69) is 52.0 Å². The van der Waals surface area contributed by atoms with Gasteiger partial charge in [-0.1, -0.05) is 52.0 Å². The molecule has 0 heterocycles. The third-order valence-electron chi connectivity index (χ3n) is 4.04. The molecule has 1 unspecified atom stereocenters. The molecule has 1 N–H and O–H groups in total. The first-order valence-corrected chi connectivity index (χ1v) is 6.71. The van der Waals surface area contributed by atoms with Crippen molar-refractivity contribution < 1.29 is 5.11 Å². The molecule has 0 aliphatic heterocycles. The van der Waals surface area contributed by atoms with Gasteiger partial charge in [0.2, 0.25) is 0 Å². The van der Waals surface area contributed by atoms with E-state index in [0.717, 1.165) is 12.0 Å². The van der Waals surface area contributed by atoms with Crippen LogP contribution >= 0.6 is 0 Å². The van der Waals surface area contributed by atoms with E-state index in [1.165, 1.54) is 18.4 Å². The van der Waals surface area contributed by atoms with Gasteiger partial charge in [0.25, 0.3) is 0 Å². The first kappa shape index (κ1) is 12.6. The summed E-state index contributed by atoms with van der Waals surface area (Å²) in [7, 11) is 0. The van der Waals surface area contributed by atoms with Crippen LogP contribution in [0.1, 0.15) is 58.1 Å². The summed E-state index contributed by atoms with van der Waals surface area (Å²) in [5.41, 5.74) is 2.02. The van der Waals surface area contributed by atoms with Gasteiger partial charge in [0.05, 0.1) is 5.60 Å². The van der Waals surface area contributed by atoms with Crippen molar-refractivity contribution in [3.63, 3.8) is 0 Å². The summed E-state index contributed by atoms with van der Waals surface area (Å²) in [5.74, 6) is 0.480. The van der Waals surface area contributed by atoms with Crippen molar-refractivity contribution in [1.29, 1.82) is 0 Å². The van der Waals surface area contributed by atoms with E-state index in [1.807, 2.05) is 0 Å². The van der Waals surface area contributed by atoms with Gasteiger partial charge < -0.3 is 5.11 Å². The maximum Gasteiger partial charge on any atom is 0.0921 e. The molecule has 1 atom stereocenters. The van der Waals surface area contributed by atoms with E-state index < -0.39 is 5.60 Å². The minimum atomic E-state index is -0.587. The van der Waals surface area contributed by atoms with Gasteiger partial charge in [-0.3, -0.25) is 0 Å². The van der Waals surface area contributed by atoms with Gasteiger partial charge in [0, 0.05) is 0 Å². The lowest BCUT2D eigenvalue weighted by molar-refractivity contribution is 0.00887. The summed E-state index contributed by atoms with van der Waals surface area (Å²) in [4.78, 5) is 0. The van der Waals surface area contributed by atoms with Crippen molar-refractivity contribution in [3.05, 3.63) is 35.4 Å². The van der Waals surface area contributed by atoms with E-state index in [0.29, 0.717) is 5.92 Å². The largest absolute Gasteiger partial charge is 0.385 e. The lowest BCUT2D eigenvalue weighted by Gasteiger charge is -2.28. The molecule has 1 saturated carbocycles. The molecule has 17 heavy (non-hydrogen) atoms. The molecular formula is C16H24O. The van der Waals surface area contributed by atoms with Crippen molar-refractivity contribution in [2.24, 2.45) is 5.92 Å². The van der Waals surface area contributed by atoms with E-state index in [4.69, 9.17) is 0 Å². The van der Waals surface area contributed by atoms with Crippen LogP contribution in [0, 0.1) is 5.92 Å². The molecule has 0 aromatic heterocycles. The Bertz CT molecular complexity index is 381. The van der Waals surface area contributed by atoms with Gasteiger partial charge in [-0.15, -0.1) is 0 Å². The molecule has 1 heteroatoms. The standard InChI is InChI=1S/C16H24O/c1-5-16(17,14-10-11-14)13-8-6-12(7-9-13)15(2,3)4/h6-9,14,17H,5,10-11H2,1-4H3. The number of hydrogen-bond donors (Lipinski definition) is 1. The minimum Gasteiger partial charge on any atom is -0.385 e. The van der Waals surface area contributed by atoms with Crippen LogP contribution in [0.25, 0.3) is 0 Å². The molecule has 1 aromatic rings. The average molecular weight is 232 g/mol. The topological polar surface area (TPSA) is 20.2 Å². The summed E-state index contributed by atoms with van der Waals surface area (Å²) in [6.45, 7) is 8.73. The minimum absolute atomic E-state index is 0.183. The Morgan fingerprint density at radius 3 is 1.88 bits per heavy atom. The Balaban J connectivity index is 2.28. The molecule has 1 nitrogen and oxygen atoms in total. The Hall–Kier alpha value is -0.820. The molecule has 0 bridgehead atoms. The molecule has 1 aliphatic rings. The second kappa shape index (κ2) is 4.13. The van der Waals surface area contributed by atoms with Crippen LogP contribution in [0.5, 0.6) is 0 Å². The fraction of sp³-hybridized carbons (Fsp3) is 0.625. The summed E-state index contributed by atoms with van der Waals surface area (Å²) in [6, 6.07) is 8.56. The summed E-state index contributed by atoms with van der Waals surface area (Å²) < 4.78 is 0. The van der Waals surface area contributed by atoms with Crippen LogP contribution in [0.2, 0.25) is 0 Å². The molecule has 0 amide bonds. The van der Waals surface area contributed by atoms with Gasteiger partial charge in [-0.05, 0) is 41.7 Å². The van der Waals surface area contributed by atoms with E-state index in [9.17, 15) is 5.11 Å². The van der Waals surface area contributed by atoms with Gasteiger partial charge in [-0.25, -0.2) is 0 Å². The highest BCUT2D eigenvalue weighted by Crippen LogP contribution is 2.47. The lowest BCUT2D eigenvalue weighted by Crippen LogP contribution is -2.27. The number of benzene rings is 1. The summed E-state index contributed by atoms with van der Waals surface area (Å²) in [5, 5.41) is 10.7. The van der Waals surface area contributed by atoms with Gasteiger partial charge in [0.1, 0.15) is 0 Å². The van der Waals surface area contributed by atoms with E-state index in [-0.39, 0.29) is 5.41 Å². The first-order valence-electron chi connectivity index (χ1n) is 6.71. The molecule has 2 rings (SSSR count).